The number of hydrogen-bond acceptors (Lipinski definition) is 9. The summed E-state index contributed by atoms with van der Waals surface area (Å²) in [5.41, 5.74) is 1.02. The molecule has 0 aliphatic carbocycles. The average Bonchev–Trinajstić information content (AvgIpc) is 3.00. The number of methoxy groups -OCH3 is 6. The first-order valence-electron chi connectivity index (χ1n) is 12.1. The van der Waals surface area contributed by atoms with Gasteiger partial charge in [-0.05, 0) is 48.5 Å². The summed E-state index contributed by atoms with van der Waals surface area (Å²) in [6.45, 7) is 0. The number of benzene rings is 4. The van der Waals surface area contributed by atoms with Gasteiger partial charge in [-0.1, -0.05) is 0 Å². The van der Waals surface area contributed by atoms with Gasteiger partial charge in [-0.3, -0.25) is 4.79 Å². The Balaban J connectivity index is 1.46. The second-order valence-electron chi connectivity index (χ2n) is 8.30. The first-order valence-corrected chi connectivity index (χ1v) is 12.1. The molecule has 0 N–H and O–H groups in total. The number of carbonyl (C=O) groups excluding carboxylic acids is 1. The van der Waals surface area contributed by atoms with Crippen molar-refractivity contribution in [1.82, 2.24) is 0 Å². The molecule has 9 nitrogen and oxygen atoms in total. The lowest BCUT2D eigenvalue weighted by atomic mass is 10.0. The third-order valence-corrected chi connectivity index (χ3v) is 5.98. The maximum atomic E-state index is 13.1. The minimum absolute atomic E-state index is 0.140. The topological polar surface area (TPSA) is 90.9 Å². The fourth-order valence-corrected chi connectivity index (χ4v) is 4.02. The standard InChI is InChI=1S/C31H30O9/c1-33-25-15-23(16-26(34-2)30(25)37-5)39-21-11-7-19(8-12-21)29(32)20-9-13-22(14-10-20)40-24-17-27(35-3)31(38-6)28(18-24)36-4/h7-18H,1-6H3. The SMILES string of the molecule is COc1cc(Oc2ccc(C(=O)c3ccc(Oc4cc(OC)c(OC)c(OC)c4)cc3)cc2)cc(OC)c1OC. The zero-order chi connectivity index (χ0) is 28.6. The van der Waals surface area contributed by atoms with E-state index < -0.39 is 0 Å². The Labute approximate surface area is 232 Å². The molecule has 0 aliphatic rings. The number of hydrogen-bond donors (Lipinski definition) is 0. The highest BCUT2D eigenvalue weighted by atomic mass is 16.5. The summed E-state index contributed by atoms with van der Waals surface area (Å²) < 4.78 is 44.1. The summed E-state index contributed by atoms with van der Waals surface area (Å²) in [6.07, 6.45) is 0. The molecule has 4 aromatic rings. The van der Waals surface area contributed by atoms with E-state index in [-0.39, 0.29) is 5.78 Å². The smallest absolute Gasteiger partial charge is 0.203 e. The summed E-state index contributed by atoms with van der Waals surface area (Å²) in [6, 6.07) is 20.5. The van der Waals surface area contributed by atoms with E-state index in [2.05, 4.69) is 0 Å². The van der Waals surface area contributed by atoms with Crippen LogP contribution in [0.1, 0.15) is 15.9 Å². The summed E-state index contributed by atoms with van der Waals surface area (Å²) in [7, 11) is 9.21. The van der Waals surface area contributed by atoms with Crippen LogP contribution in [-0.2, 0) is 0 Å². The fraction of sp³-hybridized carbons (Fsp3) is 0.194. The van der Waals surface area contributed by atoms with Crippen LogP contribution in [0, 0.1) is 0 Å². The quantitative estimate of drug-likeness (QED) is 0.183. The Bertz CT molecular complexity index is 1300. The van der Waals surface area contributed by atoms with Gasteiger partial charge in [-0.2, -0.15) is 0 Å². The summed E-state index contributed by atoms with van der Waals surface area (Å²) in [5.74, 6) is 4.77. The maximum Gasteiger partial charge on any atom is 0.203 e. The van der Waals surface area contributed by atoms with Crippen LogP contribution >= 0.6 is 0 Å². The highest BCUT2D eigenvalue weighted by Crippen LogP contribution is 2.43. The molecular weight excluding hydrogens is 516 g/mol. The molecule has 0 radical (unpaired) electrons. The number of carbonyl (C=O) groups is 1. The van der Waals surface area contributed by atoms with Crippen LogP contribution in [0.4, 0.5) is 0 Å². The minimum atomic E-state index is -0.140. The van der Waals surface area contributed by atoms with E-state index in [1.807, 2.05) is 0 Å². The largest absolute Gasteiger partial charge is 0.493 e. The number of ketones is 1. The van der Waals surface area contributed by atoms with Gasteiger partial charge in [0.2, 0.25) is 11.5 Å². The van der Waals surface area contributed by atoms with Crippen LogP contribution in [0.25, 0.3) is 0 Å². The van der Waals surface area contributed by atoms with Crippen molar-refractivity contribution in [2.24, 2.45) is 0 Å². The molecule has 0 heterocycles. The van der Waals surface area contributed by atoms with E-state index >= 15 is 0 Å². The predicted octanol–water partition coefficient (Wildman–Crippen LogP) is 6.55. The second kappa shape index (κ2) is 12.7. The normalized spacial score (nSPS) is 10.3. The molecule has 4 rings (SSSR count). The van der Waals surface area contributed by atoms with Crippen LogP contribution in [-0.4, -0.2) is 48.4 Å². The van der Waals surface area contributed by atoms with Crippen molar-refractivity contribution < 1.29 is 42.7 Å². The Kier molecular flexibility index (Phi) is 8.86. The minimum Gasteiger partial charge on any atom is -0.493 e. The molecule has 0 saturated carbocycles. The highest BCUT2D eigenvalue weighted by molar-refractivity contribution is 6.09. The van der Waals surface area contributed by atoms with Crippen molar-refractivity contribution in [3.8, 4) is 57.5 Å². The predicted molar refractivity (Wildman–Crippen MR) is 149 cm³/mol. The van der Waals surface area contributed by atoms with Crippen molar-refractivity contribution in [2.75, 3.05) is 42.7 Å². The van der Waals surface area contributed by atoms with Gasteiger partial charge < -0.3 is 37.9 Å². The van der Waals surface area contributed by atoms with E-state index in [4.69, 9.17) is 37.9 Å². The zero-order valence-corrected chi connectivity index (χ0v) is 23.1. The Morgan fingerprint density at radius 1 is 0.425 bits per heavy atom. The van der Waals surface area contributed by atoms with Gasteiger partial charge in [-0.25, -0.2) is 0 Å². The average molecular weight is 547 g/mol. The molecule has 0 saturated heterocycles. The zero-order valence-electron chi connectivity index (χ0n) is 23.1. The van der Waals surface area contributed by atoms with Crippen molar-refractivity contribution >= 4 is 5.78 Å². The van der Waals surface area contributed by atoms with Gasteiger partial charge in [0.05, 0.1) is 42.7 Å². The highest BCUT2D eigenvalue weighted by Gasteiger charge is 2.16. The molecule has 0 aromatic heterocycles. The molecule has 0 atom stereocenters. The van der Waals surface area contributed by atoms with Crippen LogP contribution in [0.5, 0.6) is 57.5 Å². The molecule has 9 heteroatoms. The van der Waals surface area contributed by atoms with Gasteiger partial charge in [0.1, 0.15) is 23.0 Å². The van der Waals surface area contributed by atoms with Crippen molar-refractivity contribution in [3.05, 3.63) is 83.9 Å². The van der Waals surface area contributed by atoms with Gasteiger partial charge in [0, 0.05) is 35.4 Å². The lowest BCUT2D eigenvalue weighted by Crippen LogP contribution is -2.01. The molecule has 0 amide bonds. The Morgan fingerprint density at radius 2 is 0.725 bits per heavy atom. The van der Waals surface area contributed by atoms with Crippen LogP contribution in [0.3, 0.4) is 0 Å². The Morgan fingerprint density at radius 3 is 0.975 bits per heavy atom. The molecular formula is C31H30O9. The van der Waals surface area contributed by atoms with Crippen molar-refractivity contribution in [1.29, 1.82) is 0 Å². The first kappa shape index (κ1) is 28.0. The fourth-order valence-electron chi connectivity index (χ4n) is 4.02. The molecule has 0 fully saturated rings. The molecule has 40 heavy (non-hydrogen) atoms. The second-order valence-corrected chi connectivity index (χ2v) is 8.30. The van der Waals surface area contributed by atoms with E-state index in [0.717, 1.165) is 0 Å². The molecule has 0 aliphatic heterocycles. The maximum absolute atomic E-state index is 13.1. The van der Waals surface area contributed by atoms with E-state index in [1.54, 1.807) is 72.8 Å². The van der Waals surface area contributed by atoms with Gasteiger partial charge in [-0.15, -0.1) is 0 Å². The summed E-state index contributed by atoms with van der Waals surface area (Å²) in [5, 5.41) is 0. The molecule has 208 valence electrons. The molecule has 0 unspecified atom stereocenters. The third kappa shape index (κ3) is 5.99. The summed E-state index contributed by atoms with van der Waals surface area (Å²) in [4.78, 5) is 13.1. The van der Waals surface area contributed by atoms with E-state index in [1.165, 1.54) is 42.7 Å². The molecule has 0 spiro atoms. The Hall–Kier alpha value is -5.05. The van der Waals surface area contributed by atoms with Gasteiger partial charge >= 0.3 is 0 Å². The van der Waals surface area contributed by atoms with E-state index in [9.17, 15) is 4.79 Å². The van der Waals surface area contributed by atoms with Gasteiger partial charge in [0.25, 0.3) is 0 Å². The lowest BCUT2D eigenvalue weighted by Gasteiger charge is -2.15. The summed E-state index contributed by atoms with van der Waals surface area (Å²) >= 11 is 0. The van der Waals surface area contributed by atoms with Crippen LogP contribution in [0.15, 0.2) is 72.8 Å². The van der Waals surface area contributed by atoms with Crippen LogP contribution < -0.4 is 37.9 Å². The first-order chi connectivity index (χ1) is 19.4. The van der Waals surface area contributed by atoms with Crippen molar-refractivity contribution in [2.45, 2.75) is 0 Å². The van der Waals surface area contributed by atoms with Crippen LogP contribution in [0.2, 0.25) is 0 Å². The monoisotopic (exact) mass is 546 g/mol. The van der Waals surface area contributed by atoms with Gasteiger partial charge in [0.15, 0.2) is 28.8 Å². The molecule has 4 aromatic carbocycles. The number of rotatable bonds is 12. The van der Waals surface area contributed by atoms with Crippen molar-refractivity contribution in [3.63, 3.8) is 0 Å². The van der Waals surface area contributed by atoms with E-state index in [0.29, 0.717) is 68.6 Å². The third-order valence-electron chi connectivity index (χ3n) is 5.98. The molecule has 0 bridgehead atoms. The lowest BCUT2D eigenvalue weighted by molar-refractivity contribution is 0.103. The number of ether oxygens (including phenoxy) is 8.